The highest BCUT2D eigenvalue weighted by molar-refractivity contribution is 5.71. The van der Waals surface area contributed by atoms with Crippen LogP contribution in [0.3, 0.4) is 0 Å². The highest BCUT2D eigenvalue weighted by Crippen LogP contribution is 2.08. The summed E-state index contributed by atoms with van der Waals surface area (Å²) < 4.78 is 16.6. The zero-order chi connectivity index (χ0) is 46.5. The topological polar surface area (TPSA) is 78.9 Å². The molecule has 0 saturated heterocycles. The zero-order valence-electron chi connectivity index (χ0n) is 39.4. The molecule has 0 N–H and O–H groups in total. The SMILES string of the molecule is CC/C=C/C=C/C=C/C=C/C=C/C=C/CCCCCC(=O)OCC(COC(=O)CCC/C=C/C=C/C=C/C=C/C=C/CC)OC(=O)CC/C=C/C/C=C/C/C=C/C/C=C/C/C=C/CC. The van der Waals surface area contributed by atoms with Gasteiger partial charge in [0.1, 0.15) is 13.2 Å². The minimum Gasteiger partial charge on any atom is -0.462 e. The normalized spacial score (nSPS) is 13.9. The number of carbonyl (C=O) groups is 3. The van der Waals surface area contributed by atoms with Gasteiger partial charge in [0, 0.05) is 19.3 Å². The molecule has 0 aromatic heterocycles. The monoisotopic (exact) mass is 873 g/mol. The van der Waals surface area contributed by atoms with E-state index in [0.717, 1.165) is 70.6 Å². The second kappa shape index (κ2) is 49.9. The van der Waals surface area contributed by atoms with Gasteiger partial charge in [0.2, 0.25) is 0 Å². The van der Waals surface area contributed by atoms with Crippen molar-refractivity contribution in [3.8, 4) is 0 Å². The van der Waals surface area contributed by atoms with Crippen molar-refractivity contribution in [3.05, 3.63) is 194 Å². The van der Waals surface area contributed by atoms with Crippen LogP contribution in [-0.4, -0.2) is 37.2 Å². The third-order valence-electron chi connectivity index (χ3n) is 8.63. The van der Waals surface area contributed by atoms with Crippen LogP contribution in [0.2, 0.25) is 0 Å². The Morgan fingerprint density at radius 3 is 1.12 bits per heavy atom. The second-order valence-electron chi connectivity index (χ2n) is 14.4. The molecule has 1 unspecified atom stereocenters. The Morgan fingerprint density at radius 2 is 0.688 bits per heavy atom. The minimum absolute atomic E-state index is 0.166. The lowest BCUT2D eigenvalue weighted by Crippen LogP contribution is -2.30. The van der Waals surface area contributed by atoms with Gasteiger partial charge < -0.3 is 14.2 Å². The largest absolute Gasteiger partial charge is 0.462 e. The Morgan fingerprint density at radius 1 is 0.328 bits per heavy atom. The molecule has 6 heteroatoms. The molecule has 0 amide bonds. The summed E-state index contributed by atoms with van der Waals surface area (Å²) in [6.07, 6.45) is 77.1. The van der Waals surface area contributed by atoms with Gasteiger partial charge in [0.15, 0.2) is 6.10 Å². The third-order valence-corrected chi connectivity index (χ3v) is 8.63. The Labute approximate surface area is 388 Å². The molecule has 0 saturated carbocycles. The van der Waals surface area contributed by atoms with E-state index < -0.39 is 12.1 Å². The van der Waals surface area contributed by atoms with Crippen molar-refractivity contribution in [2.24, 2.45) is 0 Å². The average Bonchev–Trinajstić information content (AvgIpc) is 3.29. The highest BCUT2D eigenvalue weighted by Gasteiger charge is 2.19. The van der Waals surface area contributed by atoms with Crippen LogP contribution in [0, 0.1) is 0 Å². The molecule has 0 radical (unpaired) electrons. The van der Waals surface area contributed by atoms with Gasteiger partial charge in [0.05, 0.1) is 0 Å². The predicted octanol–water partition coefficient (Wildman–Crippen LogP) is 15.6. The smallest absolute Gasteiger partial charge is 0.306 e. The van der Waals surface area contributed by atoms with Gasteiger partial charge in [0.25, 0.3) is 0 Å². The summed E-state index contributed by atoms with van der Waals surface area (Å²) in [5, 5.41) is 0. The number of esters is 3. The molecule has 0 spiro atoms. The third kappa shape index (κ3) is 47.3. The van der Waals surface area contributed by atoms with E-state index >= 15 is 0 Å². The van der Waals surface area contributed by atoms with Gasteiger partial charge in [-0.15, -0.1) is 0 Å². The van der Waals surface area contributed by atoms with Gasteiger partial charge >= 0.3 is 17.9 Å². The molecule has 0 fully saturated rings. The molecule has 6 nitrogen and oxygen atoms in total. The van der Waals surface area contributed by atoms with Crippen LogP contribution in [0.15, 0.2) is 194 Å². The average molecular weight is 873 g/mol. The fourth-order valence-corrected chi connectivity index (χ4v) is 5.20. The number of carbonyl (C=O) groups excluding carboxylic acids is 3. The van der Waals surface area contributed by atoms with Crippen molar-refractivity contribution in [1.82, 2.24) is 0 Å². The molecule has 0 aliphatic rings. The first-order chi connectivity index (χ1) is 31.5. The van der Waals surface area contributed by atoms with Crippen molar-refractivity contribution < 1.29 is 28.6 Å². The molecule has 0 heterocycles. The van der Waals surface area contributed by atoms with Crippen LogP contribution in [-0.2, 0) is 28.6 Å². The Bertz CT molecular complexity index is 1660. The van der Waals surface area contributed by atoms with Crippen molar-refractivity contribution in [2.75, 3.05) is 13.2 Å². The van der Waals surface area contributed by atoms with Gasteiger partial charge in [-0.25, -0.2) is 0 Å². The zero-order valence-corrected chi connectivity index (χ0v) is 39.4. The number of hydrogen-bond acceptors (Lipinski definition) is 6. The van der Waals surface area contributed by atoms with Gasteiger partial charge in [-0.2, -0.15) is 0 Å². The fraction of sp³-hybridized carbons (Fsp3) is 0.397. The van der Waals surface area contributed by atoms with E-state index in [1.54, 1.807) is 0 Å². The van der Waals surface area contributed by atoms with Crippen LogP contribution in [0.25, 0.3) is 0 Å². The maximum atomic E-state index is 12.7. The lowest BCUT2D eigenvalue weighted by molar-refractivity contribution is -0.166. The lowest BCUT2D eigenvalue weighted by atomic mass is 10.1. The summed E-state index contributed by atoms with van der Waals surface area (Å²) in [6, 6.07) is 0. The Kier molecular flexibility index (Phi) is 45.4. The molecule has 0 aromatic carbocycles. The number of hydrogen-bond donors (Lipinski definition) is 0. The molecular weight excluding hydrogens is 793 g/mol. The van der Waals surface area contributed by atoms with Crippen LogP contribution in [0.4, 0.5) is 0 Å². The molecule has 0 aliphatic heterocycles. The molecule has 0 aliphatic carbocycles. The van der Waals surface area contributed by atoms with Crippen molar-refractivity contribution in [3.63, 3.8) is 0 Å². The number of ether oxygens (including phenoxy) is 3. The maximum Gasteiger partial charge on any atom is 0.306 e. The Hall–Kier alpha value is -5.75. The summed E-state index contributed by atoms with van der Waals surface area (Å²) in [5.41, 5.74) is 0. The van der Waals surface area contributed by atoms with E-state index in [2.05, 4.69) is 87.6 Å². The molecular formula is C58H80O6. The van der Waals surface area contributed by atoms with Gasteiger partial charge in [-0.05, 0) is 83.5 Å². The summed E-state index contributed by atoms with van der Waals surface area (Å²) in [5.74, 6) is -1.19. The van der Waals surface area contributed by atoms with E-state index in [0.29, 0.717) is 19.3 Å². The van der Waals surface area contributed by atoms with Crippen molar-refractivity contribution in [1.29, 1.82) is 0 Å². The molecule has 348 valence electrons. The summed E-state index contributed by atoms with van der Waals surface area (Å²) in [4.78, 5) is 37.8. The van der Waals surface area contributed by atoms with Gasteiger partial charge in [-0.1, -0.05) is 222 Å². The van der Waals surface area contributed by atoms with Crippen molar-refractivity contribution in [2.45, 2.75) is 136 Å². The number of unbranched alkanes of at least 4 members (excludes halogenated alkanes) is 4. The predicted molar refractivity (Wildman–Crippen MR) is 274 cm³/mol. The number of allylic oxidation sites excluding steroid dienone is 32. The fourth-order valence-electron chi connectivity index (χ4n) is 5.20. The van der Waals surface area contributed by atoms with E-state index in [1.165, 1.54) is 0 Å². The highest BCUT2D eigenvalue weighted by atomic mass is 16.6. The quantitative estimate of drug-likeness (QED) is 0.0202. The molecule has 0 rings (SSSR count). The number of rotatable bonds is 38. The first-order valence-corrected chi connectivity index (χ1v) is 23.6. The summed E-state index contributed by atoms with van der Waals surface area (Å²) >= 11 is 0. The van der Waals surface area contributed by atoms with Crippen molar-refractivity contribution >= 4 is 17.9 Å². The molecule has 64 heavy (non-hydrogen) atoms. The van der Waals surface area contributed by atoms with Crippen LogP contribution < -0.4 is 0 Å². The molecule has 1 atom stereocenters. The van der Waals surface area contributed by atoms with E-state index in [-0.39, 0.29) is 44.4 Å². The first-order valence-electron chi connectivity index (χ1n) is 23.6. The van der Waals surface area contributed by atoms with E-state index in [9.17, 15) is 14.4 Å². The summed E-state index contributed by atoms with van der Waals surface area (Å²) in [7, 11) is 0. The maximum absolute atomic E-state index is 12.7. The molecule has 0 bridgehead atoms. The second-order valence-corrected chi connectivity index (χ2v) is 14.4. The summed E-state index contributed by atoms with van der Waals surface area (Å²) in [6.45, 7) is 6.01. The first kappa shape index (κ1) is 58.2. The standard InChI is InChI=1S/C58H80O6/c1-4-7-10-13-16-19-22-25-27-29-31-33-36-39-42-45-48-51-57(60)63-54-55(53-62-56(59)50-47-44-41-38-35-32-24-21-18-15-12-9-6-3)64-58(61)52-49-46-43-40-37-34-30-28-26-23-20-17-14-11-8-5-2/h7-13,15-22,24-29,31-38,41,43,46,55H,4-6,14,23,30,39-40,42,44-45,47-54H2,1-3H3/b10-7+,11-8+,12-9+,16-13+,18-15+,20-17+,22-19+,24-21+,27-25+,28-26+,31-29+,35-32+,36-33+,37-34+,41-38+,46-43+. The van der Waals surface area contributed by atoms with Crippen LogP contribution in [0.5, 0.6) is 0 Å². The minimum atomic E-state index is -0.877. The lowest BCUT2D eigenvalue weighted by Gasteiger charge is -2.18. The van der Waals surface area contributed by atoms with Crippen LogP contribution in [0.1, 0.15) is 130 Å². The Balaban J connectivity index is 4.76. The van der Waals surface area contributed by atoms with E-state index in [1.807, 2.05) is 128 Å². The molecule has 0 aromatic rings. The van der Waals surface area contributed by atoms with Crippen LogP contribution >= 0.6 is 0 Å². The van der Waals surface area contributed by atoms with Gasteiger partial charge in [-0.3, -0.25) is 14.4 Å². The van der Waals surface area contributed by atoms with E-state index in [4.69, 9.17) is 14.2 Å².